The van der Waals surface area contributed by atoms with Crippen LogP contribution in [-0.4, -0.2) is 24.1 Å². The van der Waals surface area contributed by atoms with Crippen molar-refractivity contribution in [1.29, 1.82) is 0 Å². The van der Waals surface area contributed by atoms with E-state index in [1.165, 1.54) is 33.2 Å². The number of benzene rings is 10. The highest BCUT2D eigenvalue weighted by Gasteiger charge is 2.23. The summed E-state index contributed by atoms with van der Waals surface area (Å²) in [6.45, 7) is 13.1. The predicted octanol–water partition coefficient (Wildman–Crippen LogP) is 17.2. The number of nitrogens with zero attached hydrogens (tertiary/aromatic N) is 6. The van der Waals surface area contributed by atoms with Crippen molar-refractivity contribution in [2.24, 2.45) is 0 Å². The third-order valence-electron chi connectivity index (χ3n) is 14.1. The van der Waals surface area contributed by atoms with Crippen molar-refractivity contribution in [3.05, 3.63) is 253 Å². The normalized spacial score (nSPS) is 11.5. The van der Waals surface area contributed by atoms with Crippen molar-refractivity contribution in [2.75, 3.05) is 0 Å². The molecule has 6 nitrogen and oxygen atoms in total. The lowest BCUT2D eigenvalue weighted by Crippen LogP contribution is -2.02. The molecule has 0 saturated heterocycles. The molecule has 0 amide bonds. The van der Waals surface area contributed by atoms with Crippen LogP contribution in [0.4, 0.5) is 5.69 Å². The van der Waals surface area contributed by atoms with E-state index in [4.69, 9.17) is 21.5 Å². The summed E-state index contributed by atoms with van der Waals surface area (Å²) in [5.41, 5.74) is 18.2. The second kappa shape index (κ2) is 17.4. The second-order valence-electron chi connectivity index (χ2n) is 18.4. The van der Waals surface area contributed by atoms with Gasteiger partial charge in [0.25, 0.3) is 0 Å². The van der Waals surface area contributed by atoms with Crippen molar-refractivity contribution in [1.82, 2.24) is 24.1 Å². The number of aryl methyl sites for hydroxylation is 2. The first-order valence-corrected chi connectivity index (χ1v) is 24.2. The lowest BCUT2D eigenvalue weighted by Gasteiger charge is -2.18. The summed E-state index contributed by atoms with van der Waals surface area (Å²) in [5.74, 6) is 1.70. The van der Waals surface area contributed by atoms with Gasteiger partial charge in [-0.15, -0.1) is 0 Å². The van der Waals surface area contributed by atoms with Crippen molar-refractivity contribution in [3.63, 3.8) is 0 Å². The third-order valence-corrected chi connectivity index (χ3v) is 14.1. The van der Waals surface area contributed by atoms with Crippen LogP contribution < -0.4 is 0 Å². The predicted molar refractivity (Wildman–Crippen MR) is 297 cm³/mol. The van der Waals surface area contributed by atoms with Gasteiger partial charge in [0, 0.05) is 43.9 Å². The average molecular weight is 921 g/mol. The molecular weight excluding hydrogens is 877 g/mol. The van der Waals surface area contributed by atoms with E-state index in [0.717, 1.165) is 83.0 Å². The van der Waals surface area contributed by atoms with E-state index in [1.54, 1.807) is 0 Å². The third kappa shape index (κ3) is 7.14. The van der Waals surface area contributed by atoms with E-state index in [9.17, 15) is 0 Å². The molecule has 0 radical (unpaired) electrons. The zero-order valence-electron chi connectivity index (χ0n) is 39.6. The molecule has 0 aliphatic carbocycles. The van der Waals surface area contributed by atoms with E-state index in [0.29, 0.717) is 23.2 Å². The van der Waals surface area contributed by atoms with Crippen LogP contribution in [0.2, 0.25) is 0 Å². The molecule has 0 N–H and O–H groups in total. The Labute approximate surface area is 417 Å². The Morgan fingerprint density at radius 3 is 1.35 bits per heavy atom. The van der Waals surface area contributed by atoms with Crippen LogP contribution in [0.1, 0.15) is 11.1 Å². The van der Waals surface area contributed by atoms with Crippen LogP contribution in [0, 0.1) is 20.4 Å². The van der Waals surface area contributed by atoms with Gasteiger partial charge in [-0.25, -0.2) is 19.8 Å². The Kier molecular flexibility index (Phi) is 10.2. The first-order chi connectivity index (χ1) is 35.5. The maximum Gasteiger partial charge on any atom is 0.195 e. The minimum Gasteiger partial charge on any atom is -0.309 e. The molecule has 6 heteroatoms. The molecule has 0 bridgehead atoms. The molecule has 13 aromatic rings. The highest BCUT2D eigenvalue weighted by molar-refractivity contribution is 6.12. The van der Waals surface area contributed by atoms with E-state index >= 15 is 0 Å². The van der Waals surface area contributed by atoms with Crippen molar-refractivity contribution >= 4 is 49.3 Å². The van der Waals surface area contributed by atoms with Crippen molar-refractivity contribution in [3.8, 4) is 78.9 Å². The SMILES string of the molecule is [C-]#[N+]c1ccc(-n2c3ccccc3c3cc(-c4ccccc4C)ccc32)cc1-c1cc(-c2nc(-c3ccccc3)nc(-c3ccccc3)n2)ccc1-n1c2ccccc2c2cc(-c3ccccc3C)ccc21. The molecule has 3 heterocycles. The number of para-hydroxylation sites is 2. The molecule has 0 unspecified atom stereocenters. The van der Waals surface area contributed by atoms with Crippen molar-refractivity contribution in [2.45, 2.75) is 13.8 Å². The van der Waals surface area contributed by atoms with Gasteiger partial charge in [0.05, 0.1) is 34.3 Å². The summed E-state index contributed by atoms with van der Waals surface area (Å²) < 4.78 is 4.70. The lowest BCUT2D eigenvalue weighted by molar-refractivity contribution is 1.07. The summed E-state index contributed by atoms with van der Waals surface area (Å²) in [6.07, 6.45) is 0. The molecule has 3 aromatic heterocycles. The molecule has 0 aliphatic rings. The number of fused-ring (bicyclic) bond motifs is 6. The standard InChI is InChI=1S/C66H44N6/c1-42-18-10-12-24-50(42)46-30-35-61-55(38-46)52-26-14-16-28-59(52)71(61)49-33-34-58(67-3)54(41-49)57-40-48(66-69-64(44-20-6-4-7-21-44)68-65(70-66)45-22-8-5-9-23-45)32-37-63(57)72-60-29-17-15-27-53(60)56-39-47(31-36-62(56)72)51-25-13-11-19-43(51)2/h4-41H,1-2H3. The second-order valence-corrected chi connectivity index (χ2v) is 18.4. The van der Waals surface area contributed by atoms with E-state index in [2.05, 4.69) is 192 Å². The molecule has 72 heavy (non-hydrogen) atoms. The van der Waals surface area contributed by atoms with Crippen LogP contribution in [0.3, 0.4) is 0 Å². The Balaban J connectivity index is 1.08. The summed E-state index contributed by atoms with van der Waals surface area (Å²) >= 11 is 0. The van der Waals surface area contributed by atoms with E-state index < -0.39 is 0 Å². The molecule has 13 rings (SSSR count). The smallest absolute Gasteiger partial charge is 0.195 e. The molecular formula is C66H44N6. The number of hydrogen-bond acceptors (Lipinski definition) is 3. The van der Waals surface area contributed by atoms with Gasteiger partial charge in [-0.05, 0) is 125 Å². The van der Waals surface area contributed by atoms with Gasteiger partial charge in [0.15, 0.2) is 23.2 Å². The van der Waals surface area contributed by atoms with Crippen LogP contribution in [0.25, 0.3) is 127 Å². The highest BCUT2D eigenvalue weighted by Crippen LogP contribution is 2.44. The first-order valence-electron chi connectivity index (χ1n) is 24.2. The minimum atomic E-state index is 0.535. The zero-order chi connectivity index (χ0) is 48.3. The summed E-state index contributed by atoms with van der Waals surface area (Å²) in [4.78, 5) is 19.6. The zero-order valence-corrected chi connectivity index (χ0v) is 39.6. The average Bonchev–Trinajstić information content (AvgIpc) is 3.95. The Hall–Kier alpha value is -9.70. The Morgan fingerprint density at radius 1 is 0.333 bits per heavy atom. The fraction of sp³-hybridized carbons (Fsp3) is 0.0303. The fourth-order valence-electron chi connectivity index (χ4n) is 10.6. The van der Waals surface area contributed by atoms with Crippen LogP contribution >= 0.6 is 0 Å². The summed E-state index contributed by atoms with van der Waals surface area (Å²) in [7, 11) is 0. The quantitative estimate of drug-likeness (QED) is 0.143. The molecule has 0 atom stereocenters. The van der Waals surface area contributed by atoms with Crippen LogP contribution in [0.5, 0.6) is 0 Å². The van der Waals surface area contributed by atoms with E-state index in [1.807, 2.05) is 66.7 Å². The number of hydrogen-bond donors (Lipinski definition) is 0. The molecule has 0 aliphatic heterocycles. The topological polar surface area (TPSA) is 52.9 Å². The lowest BCUT2D eigenvalue weighted by atomic mass is 9.97. The largest absolute Gasteiger partial charge is 0.309 e. The fourth-order valence-corrected chi connectivity index (χ4v) is 10.6. The van der Waals surface area contributed by atoms with Crippen LogP contribution in [0.15, 0.2) is 231 Å². The van der Waals surface area contributed by atoms with Crippen molar-refractivity contribution < 1.29 is 0 Å². The van der Waals surface area contributed by atoms with Gasteiger partial charge in [0.1, 0.15) is 0 Å². The molecule has 0 saturated carbocycles. The summed E-state index contributed by atoms with van der Waals surface area (Å²) in [5, 5.41) is 4.62. The molecule has 0 fully saturated rings. The van der Waals surface area contributed by atoms with Crippen LogP contribution in [-0.2, 0) is 0 Å². The Morgan fingerprint density at radius 2 is 0.792 bits per heavy atom. The maximum absolute atomic E-state index is 8.74. The minimum absolute atomic E-state index is 0.535. The van der Waals surface area contributed by atoms with Gasteiger partial charge in [-0.1, -0.05) is 164 Å². The summed E-state index contributed by atoms with van der Waals surface area (Å²) in [6, 6.07) is 80.8. The molecule has 0 spiro atoms. The highest BCUT2D eigenvalue weighted by atomic mass is 15.0. The monoisotopic (exact) mass is 920 g/mol. The van der Waals surface area contributed by atoms with Gasteiger partial charge in [0.2, 0.25) is 0 Å². The maximum atomic E-state index is 8.74. The number of rotatable bonds is 8. The van der Waals surface area contributed by atoms with Gasteiger partial charge >= 0.3 is 0 Å². The van der Waals surface area contributed by atoms with Gasteiger partial charge in [-0.2, -0.15) is 0 Å². The molecule has 338 valence electrons. The Bertz CT molecular complexity index is 4250. The number of aromatic nitrogens is 5. The first kappa shape index (κ1) is 42.4. The van der Waals surface area contributed by atoms with E-state index in [-0.39, 0.29) is 0 Å². The van der Waals surface area contributed by atoms with Gasteiger partial charge < -0.3 is 9.13 Å². The van der Waals surface area contributed by atoms with Gasteiger partial charge in [-0.3, -0.25) is 0 Å². The molecule has 10 aromatic carbocycles.